The predicted octanol–water partition coefficient (Wildman–Crippen LogP) is 4.26. The number of nitrogens with one attached hydrogen (secondary N) is 1. The Labute approximate surface area is 202 Å². The van der Waals surface area contributed by atoms with Crippen molar-refractivity contribution < 1.29 is 9.72 Å². The average molecular weight is 465 g/mol. The van der Waals surface area contributed by atoms with Gasteiger partial charge >= 0.3 is 0 Å². The number of non-ortho nitro benzene ring substituents is 1. The molecule has 0 bridgehead atoms. The topological polar surface area (TPSA) is 78.7 Å². The lowest BCUT2D eigenvalue weighted by atomic mass is 9.94. The molecular weight excluding hydrogens is 428 g/mol. The number of nitrogens with zero attached hydrogens (tertiary/aromatic N) is 3. The molecule has 0 amide bonds. The van der Waals surface area contributed by atoms with Crippen molar-refractivity contribution in [3.63, 3.8) is 0 Å². The zero-order chi connectivity index (χ0) is 23.8. The third-order valence-electron chi connectivity index (χ3n) is 7.21. The number of hydrogen-bond donors (Lipinski definition) is 1. The van der Waals surface area contributed by atoms with E-state index in [9.17, 15) is 14.9 Å². The van der Waals surface area contributed by atoms with Gasteiger partial charge in [-0.05, 0) is 50.0 Å². The van der Waals surface area contributed by atoms with Crippen molar-refractivity contribution in [2.24, 2.45) is 0 Å². The second kappa shape index (κ2) is 12.2. The quantitative estimate of drug-likeness (QED) is 0.245. The molecule has 1 N–H and O–H groups in total. The van der Waals surface area contributed by atoms with Crippen LogP contribution in [-0.2, 0) is 6.54 Å². The third kappa shape index (κ3) is 6.72. The summed E-state index contributed by atoms with van der Waals surface area (Å²) < 4.78 is 0. The van der Waals surface area contributed by atoms with Crippen LogP contribution < -0.4 is 5.32 Å². The minimum absolute atomic E-state index is 0.0142. The maximum absolute atomic E-state index is 12.6. The van der Waals surface area contributed by atoms with E-state index in [2.05, 4.69) is 15.1 Å². The second-order valence-corrected chi connectivity index (χ2v) is 9.53. The largest absolute Gasteiger partial charge is 0.313 e. The molecule has 1 saturated heterocycles. The van der Waals surface area contributed by atoms with Crippen LogP contribution in [0.4, 0.5) is 5.69 Å². The minimum Gasteiger partial charge on any atom is -0.313 e. The van der Waals surface area contributed by atoms with E-state index >= 15 is 0 Å². The molecule has 0 atom stereocenters. The van der Waals surface area contributed by atoms with Crippen LogP contribution >= 0.6 is 0 Å². The van der Waals surface area contributed by atoms with Gasteiger partial charge in [0.25, 0.3) is 5.69 Å². The van der Waals surface area contributed by atoms with E-state index in [1.165, 1.54) is 82.5 Å². The van der Waals surface area contributed by atoms with Crippen LogP contribution in [0.2, 0.25) is 0 Å². The third-order valence-corrected chi connectivity index (χ3v) is 7.21. The Hall–Kier alpha value is -2.61. The molecule has 0 unspecified atom stereocenters. The smallest absolute Gasteiger partial charge is 0.269 e. The Balaban J connectivity index is 1.13. The van der Waals surface area contributed by atoms with Gasteiger partial charge in [0.15, 0.2) is 5.78 Å². The number of piperazine rings is 1. The standard InChI is InChI=1S/C27H36N4O3/c32-27(24-11-13-26(14-12-24)31(33)34)23-9-7-22(8-10-23)21-28-15-4-16-29-17-19-30(20-18-29)25-5-2-1-3-6-25/h7-14,25,28H,1-6,15-21H2. The Bertz CT molecular complexity index is 931. The van der Waals surface area contributed by atoms with Gasteiger partial charge in [0.1, 0.15) is 0 Å². The summed E-state index contributed by atoms with van der Waals surface area (Å²) in [4.78, 5) is 28.2. The molecule has 182 valence electrons. The molecule has 0 radical (unpaired) electrons. The Morgan fingerprint density at radius 1 is 0.912 bits per heavy atom. The zero-order valence-electron chi connectivity index (χ0n) is 20.0. The number of carbonyl (C=O) groups is 1. The number of ketones is 1. The van der Waals surface area contributed by atoms with Crippen molar-refractivity contribution in [1.82, 2.24) is 15.1 Å². The summed E-state index contributed by atoms with van der Waals surface area (Å²) in [6.07, 6.45) is 8.19. The minimum atomic E-state index is -0.464. The molecule has 34 heavy (non-hydrogen) atoms. The monoisotopic (exact) mass is 464 g/mol. The molecule has 1 heterocycles. The van der Waals surface area contributed by atoms with Crippen molar-refractivity contribution in [3.05, 3.63) is 75.3 Å². The predicted molar refractivity (Wildman–Crippen MR) is 134 cm³/mol. The van der Waals surface area contributed by atoms with Crippen LogP contribution in [0.5, 0.6) is 0 Å². The molecule has 7 heteroatoms. The summed E-state index contributed by atoms with van der Waals surface area (Å²) in [5.41, 5.74) is 2.17. The van der Waals surface area contributed by atoms with Gasteiger partial charge in [-0.25, -0.2) is 0 Å². The lowest BCUT2D eigenvalue weighted by Crippen LogP contribution is -2.51. The number of carbonyl (C=O) groups excluding carboxylic acids is 1. The summed E-state index contributed by atoms with van der Waals surface area (Å²) in [7, 11) is 0. The van der Waals surface area contributed by atoms with Crippen LogP contribution in [0.25, 0.3) is 0 Å². The van der Waals surface area contributed by atoms with Gasteiger partial charge in [-0.3, -0.25) is 19.8 Å². The summed E-state index contributed by atoms with van der Waals surface area (Å²) >= 11 is 0. The summed E-state index contributed by atoms with van der Waals surface area (Å²) in [5.74, 6) is -0.127. The van der Waals surface area contributed by atoms with Crippen LogP contribution in [0.3, 0.4) is 0 Å². The van der Waals surface area contributed by atoms with Gasteiger partial charge in [-0.15, -0.1) is 0 Å². The van der Waals surface area contributed by atoms with Gasteiger partial charge in [0.05, 0.1) is 4.92 Å². The van der Waals surface area contributed by atoms with E-state index in [1.54, 1.807) is 0 Å². The highest BCUT2D eigenvalue weighted by Crippen LogP contribution is 2.23. The second-order valence-electron chi connectivity index (χ2n) is 9.53. The lowest BCUT2D eigenvalue weighted by molar-refractivity contribution is -0.384. The fraction of sp³-hybridized carbons (Fsp3) is 0.519. The molecule has 2 aromatic rings. The van der Waals surface area contributed by atoms with Crippen molar-refractivity contribution in [2.75, 3.05) is 39.3 Å². The Kier molecular flexibility index (Phi) is 8.79. The highest BCUT2D eigenvalue weighted by atomic mass is 16.6. The number of hydrogen-bond acceptors (Lipinski definition) is 6. The maximum Gasteiger partial charge on any atom is 0.269 e. The van der Waals surface area contributed by atoms with E-state index in [0.29, 0.717) is 11.1 Å². The number of nitro groups is 1. The molecule has 7 nitrogen and oxygen atoms in total. The van der Waals surface area contributed by atoms with Gasteiger partial charge in [0.2, 0.25) is 0 Å². The number of benzene rings is 2. The molecule has 2 aliphatic rings. The lowest BCUT2D eigenvalue weighted by Gasteiger charge is -2.40. The van der Waals surface area contributed by atoms with E-state index < -0.39 is 4.92 Å². The molecule has 0 spiro atoms. The van der Waals surface area contributed by atoms with Crippen molar-refractivity contribution in [2.45, 2.75) is 51.1 Å². The van der Waals surface area contributed by atoms with E-state index in [1.807, 2.05) is 24.3 Å². The van der Waals surface area contributed by atoms with Gasteiger partial charge in [0, 0.05) is 62.0 Å². The first-order valence-corrected chi connectivity index (χ1v) is 12.7. The highest BCUT2D eigenvalue weighted by Gasteiger charge is 2.24. The molecule has 1 aliphatic carbocycles. The molecule has 4 rings (SSSR count). The Morgan fingerprint density at radius 3 is 2.15 bits per heavy atom. The van der Waals surface area contributed by atoms with Crippen LogP contribution in [-0.4, -0.2) is 65.8 Å². The van der Waals surface area contributed by atoms with Gasteiger partial charge < -0.3 is 10.2 Å². The van der Waals surface area contributed by atoms with Crippen LogP contribution in [0.1, 0.15) is 60.0 Å². The SMILES string of the molecule is O=C(c1ccc(CNCCCN2CCN(C3CCCCC3)CC2)cc1)c1ccc([N+](=O)[O-])cc1. The fourth-order valence-corrected chi connectivity index (χ4v) is 5.13. The fourth-order valence-electron chi connectivity index (χ4n) is 5.13. The molecule has 1 saturated carbocycles. The molecule has 2 fully saturated rings. The highest BCUT2D eigenvalue weighted by molar-refractivity contribution is 6.09. The van der Waals surface area contributed by atoms with Crippen LogP contribution in [0, 0.1) is 10.1 Å². The van der Waals surface area contributed by atoms with Gasteiger partial charge in [-0.1, -0.05) is 43.5 Å². The van der Waals surface area contributed by atoms with Crippen LogP contribution in [0.15, 0.2) is 48.5 Å². The van der Waals surface area contributed by atoms with E-state index in [-0.39, 0.29) is 11.5 Å². The van der Waals surface area contributed by atoms with Crippen molar-refractivity contribution >= 4 is 11.5 Å². The van der Waals surface area contributed by atoms with Crippen molar-refractivity contribution in [1.29, 1.82) is 0 Å². The molecular formula is C27H36N4O3. The first-order chi connectivity index (χ1) is 16.6. The number of nitro benzene ring substituents is 1. The average Bonchev–Trinajstić information content (AvgIpc) is 2.89. The maximum atomic E-state index is 12.6. The Morgan fingerprint density at radius 2 is 1.53 bits per heavy atom. The normalized spacial score (nSPS) is 18.1. The van der Waals surface area contributed by atoms with E-state index in [4.69, 9.17) is 0 Å². The zero-order valence-corrected chi connectivity index (χ0v) is 20.0. The van der Waals surface area contributed by atoms with Crippen molar-refractivity contribution in [3.8, 4) is 0 Å². The first kappa shape index (κ1) is 24.5. The molecule has 1 aliphatic heterocycles. The van der Waals surface area contributed by atoms with E-state index in [0.717, 1.165) is 37.7 Å². The summed E-state index contributed by atoms with van der Waals surface area (Å²) in [5, 5.41) is 14.3. The summed E-state index contributed by atoms with van der Waals surface area (Å²) in [6.45, 7) is 7.75. The molecule has 0 aromatic heterocycles. The number of rotatable bonds is 10. The molecule has 2 aromatic carbocycles. The van der Waals surface area contributed by atoms with Gasteiger partial charge in [-0.2, -0.15) is 0 Å². The first-order valence-electron chi connectivity index (χ1n) is 12.7. The summed E-state index contributed by atoms with van der Waals surface area (Å²) in [6, 6.07) is 14.2.